The molecule has 0 aromatic heterocycles. The Labute approximate surface area is 158 Å². The molecule has 1 aliphatic heterocycles. The van der Waals surface area contributed by atoms with E-state index < -0.39 is 0 Å². The van der Waals surface area contributed by atoms with Crippen LogP contribution in [0.15, 0.2) is 36.4 Å². The molecule has 0 radical (unpaired) electrons. The Morgan fingerprint density at radius 1 is 1.11 bits per heavy atom. The van der Waals surface area contributed by atoms with Crippen molar-refractivity contribution in [3.05, 3.63) is 53.1 Å². The Bertz CT molecular complexity index is 835. The molecule has 0 spiro atoms. The maximum atomic E-state index is 12.1. The molecule has 0 saturated carbocycles. The van der Waals surface area contributed by atoms with E-state index in [1.165, 1.54) is 11.6 Å². The molecule has 0 unspecified atom stereocenters. The van der Waals surface area contributed by atoms with E-state index in [4.69, 9.17) is 18.9 Å². The van der Waals surface area contributed by atoms with Gasteiger partial charge in [-0.1, -0.05) is 6.07 Å². The summed E-state index contributed by atoms with van der Waals surface area (Å²) in [6.07, 6.45) is 4.23. The second-order valence-electron chi connectivity index (χ2n) is 6.05. The summed E-state index contributed by atoms with van der Waals surface area (Å²) in [5.74, 6) is 2.38. The van der Waals surface area contributed by atoms with E-state index in [2.05, 4.69) is 5.32 Å². The van der Waals surface area contributed by atoms with Crippen molar-refractivity contribution in [3.8, 4) is 23.0 Å². The predicted octanol–water partition coefficient (Wildman–Crippen LogP) is 2.98. The van der Waals surface area contributed by atoms with Gasteiger partial charge in [0, 0.05) is 19.0 Å². The topological polar surface area (TPSA) is 66.0 Å². The second-order valence-corrected chi connectivity index (χ2v) is 6.05. The van der Waals surface area contributed by atoms with Crippen molar-refractivity contribution in [2.45, 2.75) is 13.0 Å². The van der Waals surface area contributed by atoms with Gasteiger partial charge in [0.15, 0.2) is 11.5 Å². The zero-order valence-corrected chi connectivity index (χ0v) is 15.7. The van der Waals surface area contributed by atoms with Crippen molar-refractivity contribution in [2.75, 3.05) is 27.9 Å². The fourth-order valence-electron chi connectivity index (χ4n) is 2.97. The molecule has 6 nitrogen and oxygen atoms in total. The Morgan fingerprint density at radius 3 is 2.52 bits per heavy atom. The van der Waals surface area contributed by atoms with Crippen molar-refractivity contribution in [1.29, 1.82) is 0 Å². The molecule has 1 amide bonds. The first-order chi connectivity index (χ1) is 13.1. The highest BCUT2D eigenvalue weighted by atomic mass is 16.5. The third-order valence-corrected chi connectivity index (χ3v) is 4.33. The van der Waals surface area contributed by atoms with Crippen LogP contribution in [-0.2, 0) is 17.8 Å². The number of carbonyl (C=O) groups is 1. The molecule has 27 heavy (non-hydrogen) atoms. The minimum absolute atomic E-state index is 0.180. The van der Waals surface area contributed by atoms with Gasteiger partial charge in [0.2, 0.25) is 11.7 Å². The number of rotatable bonds is 7. The van der Waals surface area contributed by atoms with Crippen LogP contribution < -0.4 is 24.3 Å². The molecule has 0 bridgehead atoms. The quantitative estimate of drug-likeness (QED) is 0.760. The highest BCUT2D eigenvalue weighted by Gasteiger charge is 2.13. The summed E-state index contributed by atoms with van der Waals surface area (Å²) in [5, 5.41) is 2.86. The van der Waals surface area contributed by atoms with Crippen LogP contribution in [0.5, 0.6) is 23.0 Å². The van der Waals surface area contributed by atoms with Crippen molar-refractivity contribution in [1.82, 2.24) is 5.32 Å². The molecule has 6 heteroatoms. The molecule has 2 aromatic rings. The lowest BCUT2D eigenvalue weighted by Gasteiger charge is -2.14. The van der Waals surface area contributed by atoms with Gasteiger partial charge in [-0.3, -0.25) is 4.79 Å². The van der Waals surface area contributed by atoms with Gasteiger partial charge < -0.3 is 24.3 Å². The number of hydrogen-bond acceptors (Lipinski definition) is 5. The molecular formula is C21H23NO5. The van der Waals surface area contributed by atoms with Crippen molar-refractivity contribution >= 4 is 12.0 Å². The zero-order valence-electron chi connectivity index (χ0n) is 15.7. The fraction of sp³-hybridized carbons (Fsp3) is 0.286. The zero-order chi connectivity index (χ0) is 19.2. The SMILES string of the molecule is COc1cc(CNC(=O)/C=C/c2ccc3c(c2)CCO3)cc(OC)c1OC. The molecule has 0 saturated heterocycles. The molecule has 3 rings (SSSR count). The summed E-state index contributed by atoms with van der Waals surface area (Å²) in [6.45, 7) is 1.07. The maximum absolute atomic E-state index is 12.1. The van der Waals surface area contributed by atoms with Crippen LogP contribution in [-0.4, -0.2) is 33.8 Å². The Hall–Kier alpha value is -3.15. The van der Waals surface area contributed by atoms with Crippen molar-refractivity contribution in [3.63, 3.8) is 0 Å². The molecular weight excluding hydrogens is 346 g/mol. The van der Waals surface area contributed by atoms with Crippen molar-refractivity contribution in [2.24, 2.45) is 0 Å². The first-order valence-electron chi connectivity index (χ1n) is 8.65. The summed E-state index contributed by atoms with van der Waals surface area (Å²) in [4.78, 5) is 12.1. The lowest BCUT2D eigenvalue weighted by Crippen LogP contribution is -2.20. The lowest BCUT2D eigenvalue weighted by atomic mass is 10.1. The first-order valence-corrected chi connectivity index (χ1v) is 8.65. The van der Waals surface area contributed by atoms with Gasteiger partial charge in [0.05, 0.1) is 27.9 Å². The Kier molecular flexibility index (Phi) is 5.86. The van der Waals surface area contributed by atoms with E-state index in [-0.39, 0.29) is 5.91 Å². The van der Waals surface area contributed by atoms with Crippen LogP contribution in [0.25, 0.3) is 6.08 Å². The normalized spacial score (nSPS) is 12.4. The van der Waals surface area contributed by atoms with E-state index in [0.717, 1.165) is 29.9 Å². The average Bonchev–Trinajstić information content (AvgIpc) is 3.17. The number of ether oxygens (including phenoxy) is 4. The third kappa shape index (κ3) is 4.34. The van der Waals surface area contributed by atoms with Crippen LogP contribution in [0.4, 0.5) is 0 Å². The third-order valence-electron chi connectivity index (χ3n) is 4.33. The van der Waals surface area contributed by atoms with Crippen LogP contribution in [0.1, 0.15) is 16.7 Å². The molecule has 1 aliphatic rings. The summed E-state index contributed by atoms with van der Waals surface area (Å²) in [5.41, 5.74) is 3.00. The summed E-state index contributed by atoms with van der Waals surface area (Å²) >= 11 is 0. The minimum Gasteiger partial charge on any atom is -0.493 e. The van der Waals surface area contributed by atoms with E-state index in [1.807, 2.05) is 30.3 Å². The number of nitrogens with one attached hydrogen (secondary N) is 1. The van der Waals surface area contributed by atoms with E-state index in [9.17, 15) is 4.79 Å². The fourth-order valence-corrected chi connectivity index (χ4v) is 2.97. The Balaban J connectivity index is 1.63. The molecule has 0 atom stereocenters. The van der Waals surface area contributed by atoms with E-state index in [1.54, 1.807) is 27.4 Å². The predicted molar refractivity (Wildman–Crippen MR) is 103 cm³/mol. The summed E-state index contributed by atoms with van der Waals surface area (Å²) in [6, 6.07) is 9.55. The highest BCUT2D eigenvalue weighted by molar-refractivity contribution is 5.91. The van der Waals surface area contributed by atoms with Crippen molar-refractivity contribution < 1.29 is 23.7 Å². The Morgan fingerprint density at radius 2 is 1.85 bits per heavy atom. The molecule has 2 aromatic carbocycles. The number of hydrogen-bond donors (Lipinski definition) is 1. The monoisotopic (exact) mass is 369 g/mol. The van der Waals surface area contributed by atoms with Crippen LogP contribution in [0, 0.1) is 0 Å². The molecule has 0 fully saturated rings. The largest absolute Gasteiger partial charge is 0.493 e. The van der Waals surface area contributed by atoms with E-state index >= 15 is 0 Å². The standard InChI is InChI=1S/C21H23NO5/c1-24-18-11-15(12-19(25-2)21(18)26-3)13-22-20(23)7-5-14-4-6-17-16(10-14)8-9-27-17/h4-7,10-12H,8-9,13H2,1-3H3,(H,22,23)/b7-5+. The van der Waals surface area contributed by atoms with Crippen LogP contribution >= 0.6 is 0 Å². The molecule has 0 aliphatic carbocycles. The van der Waals surface area contributed by atoms with Gasteiger partial charge in [-0.05, 0) is 47.0 Å². The summed E-state index contributed by atoms with van der Waals surface area (Å²) in [7, 11) is 4.67. The number of amides is 1. The summed E-state index contributed by atoms with van der Waals surface area (Å²) < 4.78 is 21.4. The molecule has 1 N–H and O–H groups in total. The second kappa shape index (κ2) is 8.49. The molecule has 142 valence electrons. The number of fused-ring (bicyclic) bond motifs is 1. The number of methoxy groups -OCH3 is 3. The minimum atomic E-state index is -0.180. The molecule has 1 heterocycles. The van der Waals surface area contributed by atoms with Gasteiger partial charge in [0.1, 0.15) is 5.75 Å². The number of benzene rings is 2. The lowest BCUT2D eigenvalue weighted by molar-refractivity contribution is -0.116. The smallest absolute Gasteiger partial charge is 0.244 e. The first kappa shape index (κ1) is 18.6. The van der Waals surface area contributed by atoms with Gasteiger partial charge in [-0.2, -0.15) is 0 Å². The number of carbonyl (C=O) groups excluding carboxylic acids is 1. The average molecular weight is 369 g/mol. The van der Waals surface area contributed by atoms with Gasteiger partial charge >= 0.3 is 0 Å². The van der Waals surface area contributed by atoms with Gasteiger partial charge in [-0.25, -0.2) is 0 Å². The van der Waals surface area contributed by atoms with Crippen LogP contribution in [0.2, 0.25) is 0 Å². The van der Waals surface area contributed by atoms with Crippen LogP contribution in [0.3, 0.4) is 0 Å². The maximum Gasteiger partial charge on any atom is 0.244 e. The van der Waals surface area contributed by atoms with Gasteiger partial charge in [0.25, 0.3) is 0 Å². The van der Waals surface area contributed by atoms with Gasteiger partial charge in [-0.15, -0.1) is 0 Å². The van der Waals surface area contributed by atoms with E-state index in [0.29, 0.717) is 23.8 Å². The highest BCUT2D eigenvalue weighted by Crippen LogP contribution is 2.38.